The van der Waals surface area contributed by atoms with Gasteiger partial charge in [0.25, 0.3) is 11.6 Å². The Bertz CT molecular complexity index is 2570. The van der Waals surface area contributed by atoms with E-state index in [2.05, 4.69) is 15.6 Å². The number of anilines is 2. The van der Waals surface area contributed by atoms with Crippen LogP contribution in [-0.4, -0.2) is 98.7 Å². The van der Waals surface area contributed by atoms with Gasteiger partial charge in [0.15, 0.2) is 5.78 Å². The number of ether oxygens (including phenoxy) is 3. The molecule has 62 heavy (non-hydrogen) atoms. The first kappa shape index (κ1) is 45.2. The number of Topliss-reactive ketones (excluding diaryl/α,β-unsaturated/α-hetero) is 1. The van der Waals surface area contributed by atoms with Crippen LogP contribution in [-0.2, 0) is 26.0 Å². The molecular formula is C44H47ClN6O10S. The highest BCUT2D eigenvalue weighted by Gasteiger charge is 2.26. The van der Waals surface area contributed by atoms with Gasteiger partial charge >= 0.3 is 0 Å². The van der Waals surface area contributed by atoms with Crippen molar-refractivity contribution in [1.82, 2.24) is 14.2 Å². The zero-order valence-corrected chi connectivity index (χ0v) is 36.1. The topological polar surface area (TPSA) is 200 Å². The van der Waals surface area contributed by atoms with Crippen molar-refractivity contribution in [3.05, 3.63) is 117 Å². The monoisotopic (exact) mass is 886 g/mol. The van der Waals surface area contributed by atoms with Crippen LogP contribution in [0.3, 0.4) is 0 Å². The summed E-state index contributed by atoms with van der Waals surface area (Å²) in [6.45, 7) is 2.53. The molecule has 2 heterocycles. The van der Waals surface area contributed by atoms with E-state index in [1.54, 1.807) is 35.2 Å². The summed E-state index contributed by atoms with van der Waals surface area (Å²) in [5, 5.41) is 18.6. The minimum atomic E-state index is -4.12. The van der Waals surface area contributed by atoms with Gasteiger partial charge in [-0.2, -0.15) is 4.31 Å². The van der Waals surface area contributed by atoms with Crippen molar-refractivity contribution < 1.29 is 41.9 Å². The van der Waals surface area contributed by atoms with Crippen molar-refractivity contribution in [3.63, 3.8) is 0 Å². The molecule has 0 aliphatic carbocycles. The molecule has 0 atom stereocenters. The number of carbonyl (C=O) groups excluding carboxylic acids is 3. The molecule has 0 saturated carbocycles. The van der Waals surface area contributed by atoms with Crippen LogP contribution < -0.4 is 24.8 Å². The molecule has 5 aromatic rings. The van der Waals surface area contributed by atoms with E-state index >= 15 is 0 Å². The van der Waals surface area contributed by atoms with Gasteiger partial charge in [0.2, 0.25) is 15.9 Å². The number of non-ortho nitro benzene ring substituents is 1. The van der Waals surface area contributed by atoms with Crippen molar-refractivity contribution in [2.24, 2.45) is 0 Å². The number of nitro groups is 1. The lowest BCUT2D eigenvalue weighted by Gasteiger charge is -2.27. The Morgan fingerprint density at radius 3 is 2.35 bits per heavy atom. The third-order valence-electron chi connectivity index (χ3n) is 10.3. The maximum atomic E-state index is 14.1. The number of methoxy groups -OCH3 is 2. The molecule has 1 aromatic heterocycles. The summed E-state index contributed by atoms with van der Waals surface area (Å²) >= 11 is 6.29. The van der Waals surface area contributed by atoms with Gasteiger partial charge in [0.05, 0.1) is 41.3 Å². The van der Waals surface area contributed by atoms with E-state index in [0.29, 0.717) is 35.0 Å². The molecule has 6 rings (SSSR count). The summed E-state index contributed by atoms with van der Waals surface area (Å²) in [5.74, 6) is -0.491. The summed E-state index contributed by atoms with van der Waals surface area (Å²) in [4.78, 5) is 57.4. The second-order valence-electron chi connectivity index (χ2n) is 14.6. The fourth-order valence-corrected chi connectivity index (χ4v) is 8.67. The molecule has 1 aliphatic heterocycles. The van der Waals surface area contributed by atoms with Gasteiger partial charge in [0, 0.05) is 84.5 Å². The molecule has 16 nitrogen and oxygen atoms in total. The number of pyridine rings is 1. The van der Waals surface area contributed by atoms with Gasteiger partial charge < -0.3 is 29.7 Å². The van der Waals surface area contributed by atoms with Gasteiger partial charge in [-0.15, -0.1) is 0 Å². The summed E-state index contributed by atoms with van der Waals surface area (Å²) in [7, 11) is -1.30. The van der Waals surface area contributed by atoms with Crippen LogP contribution in [0.2, 0.25) is 5.02 Å². The number of rotatable bonds is 19. The third-order valence-corrected chi connectivity index (χ3v) is 12.4. The molecule has 0 unspecified atom stereocenters. The summed E-state index contributed by atoms with van der Waals surface area (Å²) < 4.78 is 45.8. The smallest absolute Gasteiger partial charge is 0.273 e. The van der Waals surface area contributed by atoms with E-state index in [0.717, 1.165) is 41.5 Å². The number of nitrogens with one attached hydrogen (secondary N) is 2. The fourth-order valence-electron chi connectivity index (χ4n) is 7.05. The number of piperidine rings is 1. The first-order valence-corrected chi connectivity index (χ1v) is 21.7. The first-order chi connectivity index (χ1) is 29.7. The molecule has 0 bridgehead atoms. The van der Waals surface area contributed by atoms with Gasteiger partial charge in [-0.25, -0.2) is 8.42 Å². The average molecular weight is 887 g/mol. The molecule has 1 fully saturated rings. The van der Waals surface area contributed by atoms with Crippen LogP contribution in [0.1, 0.15) is 47.3 Å². The lowest BCUT2D eigenvalue weighted by atomic mass is 10.1. The minimum Gasteiger partial charge on any atom is -0.497 e. The Morgan fingerprint density at radius 2 is 1.65 bits per heavy atom. The van der Waals surface area contributed by atoms with Crippen LogP contribution in [0.15, 0.2) is 89.8 Å². The molecule has 2 amide bonds. The highest BCUT2D eigenvalue weighted by atomic mass is 35.5. The Kier molecular flexibility index (Phi) is 15.0. The lowest BCUT2D eigenvalue weighted by molar-refractivity contribution is -0.384. The van der Waals surface area contributed by atoms with Gasteiger partial charge in [-0.1, -0.05) is 11.6 Å². The molecular weight excluding hydrogens is 840 g/mol. The van der Waals surface area contributed by atoms with Crippen LogP contribution in [0.5, 0.6) is 17.2 Å². The van der Waals surface area contributed by atoms with Gasteiger partial charge in [-0.3, -0.25) is 29.5 Å². The number of aromatic nitrogens is 1. The second kappa shape index (κ2) is 20.5. The Hall–Kier alpha value is -6.30. The number of fused-ring (bicyclic) bond motifs is 1. The maximum Gasteiger partial charge on any atom is 0.273 e. The standard InChI is InChI=1S/C44H47ClN6O10S/c1-29-23-40(37-26-32(45)9-16-38(37)47-29)46-18-22-50(62(57,58)36-13-11-35(59-2)12-14-36)21-17-43(53)48-39-15-8-31(44(54)49-19-5-4-6-20-49)25-42(39)61-28-34(52)24-30-7-10-33(51(55)56)27-41(30)60-3/h7-16,23,25-27H,4-6,17-22,24,28H2,1-3H3,(H,46,47)(H,48,53). The highest BCUT2D eigenvalue weighted by molar-refractivity contribution is 7.89. The molecule has 18 heteroatoms. The van der Waals surface area contributed by atoms with Crippen LogP contribution in [0.25, 0.3) is 10.9 Å². The van der Waals surface area contributed by atoms with E-state index in [4.69, 9.17) is 25.8 Å². The number of nitrogens with zero attached hydrogens (tertiary/aromatic N) is 4. The van der Waals surface area contributed by atoms with Crippen molar-refractivity contribution >= 4 is 67.2 Å². The van der Waals surface area contributed by atoms with Crippen LogP contribution >= 0.6 is 11.6 Å². The summed E-state index contributed by atoms with van der Waals surface area (Å²) in [6, 6.07) is 21.6. The van der Waals surface area contributed by atoms with Crippen molar-refractivity contribution in [3.8, 4) is 17.2 Å². The predicted octanol–water partition coefficient (Wildman–Crippen LogP) is 7.07. The normalized spacial score (nSPS) is 12.8. The number of hydrogen-bond acceptors (Lipinski definition) is 12. The number of halogens is 1. The van der Waals surface area contributed by atoms with E-state index in [1.807, 2.05) is 19.1 Å². The summed E-state index contributed by atoms with van der Waals surface area (Å²) in [5.41, 5.74) is 2.87. The summed E-state index contributed by atoms with van der Waals surface area (Å²) in [6.07, 6.45) is 2.33. The fraction of sp³-hybridized carbons (Fsp3) is 0.318. The number of ketones is 1. The number of benzene rings is 4. The van der Waals surface area contributed by atoms with Crippen molar-refractivity contribution in [1.29, 1.82) is 0 Å². The SMILES string of the molecule is COc1ccc(S(=O)(=O)N(CCNc2cc(C)nc3ccc(Cl)cc23)CCC(=O)Nc2ccc(C(=O)N3CCCCC3)cc2OCC(=O)Cc2ccc([N+](=O)[O-])cc2OC)cc1. The number of hydrogen-bond donors (Lipinski definition) is 2. The lowest BCUT2D eigenvalue weighted by Crippen LogP contribution is -2.37. The predicted molar refractivity (Wildman–Crippen MR) is 235 cm³/mol. The Balaban J connectivity index is 1.19. The zero-order valence-electron chi connectivity index (χ0n) is 34.5. The quantitative estimate of drug-likeness (QED) is 0.0633. The Labute approximate surface area is 364 Å². The molecule has 0 radical (unpaired) electrons. The largest absolute Gasteiger partial charge is 0.497 e. The van der Waals surface area contributed by atoms with Crippen LogP contribution in [0.4, 0.5) is 17.1 Å². The second-order valence-corrected chi connectivity index (χ2v) is 17.0. The maximum absolute atomic E-state index is 14.1. The van der Waals surface area contributed by atoms with E-state index in [1.165, 1.54) is 61.0 Å². The molecule has 2 N–H and O–H groups in total. The van der Waals surface area contributed by atoms with E-state index in [9.17, 15) is 32.9 Å². The first-order valence-electron chi connectivity index (χ1n) is 19.9. The van der Waals surface area contributed by atoms with E-state index < -0.39 is 33.2 Å². The van der Waals surface area contributed by atoms with Crippen molar-refractivity contribution in [2.75, 3.05) is 64.2 Å². The molecule has 4 aromatic carbocycles. The third kappa shape index (κ3) is 11.3. The Morgan fingerprint density at radius 1 is 0.887 bits per heavy atom. The van der Waals surface area contributed by atoms with Gasteiger partial charge in [-0.05, 0) is 99.0 Å². The molecule has 0 spiro atoms. The molecule has 1 saturated heterocycles. The number of likely N-dealkylation sites (tertiary alicyclic amines) is 1. The average Bonchev–Trinajstić information content (AvgIpc) is 3.27. The molecule has 1 aliphatic rings. The molecule has 326 valence electrons. The van der Waals surface area contributed by atoms with Crippen LogP contribution in [0, 0.1) is 17.0 Å². The number of carbonyl (C=O) groups is 3. The van der Waals surface area contributed by atoms with Gasteiger partial charge in [0.1, 0.15) is 23.9 Å². The zero-order chi connectivity index (χ0) is 44.4. The number of aryl methyl sites for hydroxylation is 1. The minimum absolute atomic E-state index is 0.0105. The number of amides is 2. The number of nitro benzene ring substituents is 1. The highest BCUT2D eigenvalue weighted by Crippen LogP contribution is 2.30. The van der Waals surface area contributed by atoms with Crippen molar-refractivity contribution in [2.45, 2.75) is 43.9 Å². The van der Waals surface area contributed by atoms with E-state index in [-0.39, 0.29) is 66.2 Å². The number of sulfonamides is 1.